The van der Waals surface area contributed by atoms with Crippen LogP contribution in [0.2, 0.25) is 0 Å². The average molecular weight is 684 g/mol. The molecule has 0 saturated heterocycles. The Morgan fingerprint density at radius 2 is 1.36 bits per heavy atom. The molecule has 264 valence electrons. The van der Waals surface area contributed by atoms with Crippen LogP contribution in [0, 0.1) is 0 Å². The third-order valence-corrected chi connectivity index (χ3v) is 8.34. The molecule has 3 aliphatic rings. The summed E-state index contributed by atoms with van der Waals surface area (Å²) in [5.74, 6) is -1.12. The lowest BCUT2D eigenvalue weighted by atomic mass is 10.0. The van der Waals surface area contributed by atoms with Crippen molar-refractivity contribution in [3.05, 3.63) is 101 Å². The van der Waals surface area contributed by atoms with Gasteiger partial charge in [-0.15, -0.1) is 0 Å². The number of nitrogens with zero attached hydrogens (tertiary/aromatic N) is 2. The largest absolute Gasteiger partial charge is 0.480 e. The summed E-state index contributed by atoms with van der Waals surface area (Å²) in [4.78, 5) is 61.6. The Morgan fingerprint density at radius 3 is 1.88 bits per heavy atom. The maximum absolute atomic E-state index is 12.2. The van der Waals surface area contributed by atoms with Gasteiger partial charge in [0.1, 0.15) is 17.7 Å². The molecule has 6 rings (SSSR count). The molecule has 0 aromatic heterocycles. The van der Waals surface area contributed by atoms with Crippen molar-refractivity contribution in [3.8, 4) is 0 Å². The van der Waals surface area contributed by atoms with E-state index in [1.807, 2.05) is 73.7 Å². The van der Waals surface area contributed by atoms with Gasteiger partial charge in [0, 0.05) is 44.0 Å². The minimum Gasteiger partial charge on any atom is -0.480 e. The van der Waals surface area contributed by atoms with E-state index in [0.29, 0.717) is 31.4 Å². The van der Waals surface area contributed by atoms with Crippen molar-refractivity contribution in [3.63, 3.8) is 0 Å². The highest BCUT2D eigenvalue weighted by Gasteiger charge is 2.40. The number of carbonyl (C=O) groups is 5. The molecule has 3 aromatic carbocycles. The molecule has 2 aliphatic heterocycles. The quantitative estimate of drug-likeness (QED) is 0.296. The first-order valence-corrected chi connectivity index (χ1v) is 16.6. The molecule has 2 heterocycles. The van der Waals surface area contributed by atoms with Crippen LogP contribution in [0.15, 0.2) is 78.4 Å². The lowest BCUT2D eigenvalue weighted by Crippen LogP contribution is -2.46. The number of para-hydroxylation sites is 2. The van der Waals surface area contributed by atoms with Gasteiger partial charge in [0.2, 0.25) is 0 Å². The smallest absolute Gasteiger partial charge is 0.415 e. The molecule has 11 heteroatoms. The average Bonchev–Trinajstić information content (AvgIpc) is 3.81. The monoisotopic (exact) mass is 683 g/mol. The van der Waals surface area contributed by atoms with E-state index in [1.54, 1.807) is 44.9 Å². The van der Waals surface area contributed by atoms with E-state index in [-0.39, 0.29) is 23.8 Å². The number of ketones is 1. The number of anilines is 2. The molecule has 0 unspecified atom stereocenters. The summed E-state index contributed by atoms with van der Waals surface area (Å²) in [5, 5.41) is 11.9. The second-order valence-corrected chi connectivity index (χ2v) is 13.1. The van der Waals surface area contributed by atoms with Crippen molar-refractivity contribution >= 4 is 47.3 Å². The molecule has 2 N–H and O–H groups in total. The van der Waals surface area contributed by atoms with Gasteiger partial charge in [-0.3, -0.25) is 14.6 Å². The number of nitrogens with one attached hydrogen (secondary N) is 1. The van der Waals surface area contributed by atoms with Crippen molar-refractivity contribution in [2.75, 3.05) is 24.0 Å². The van der Waals surface area contributed by atoms with E-state index in [9.17, 15) is 29.1 Å². The molecular formula is C39H45N3O8. The fraction of sp³-hybridized carbons (Fsp3) is 0.359. The van der Waals surface area contributed by atoms with Crippen molar-refractivity contribution in [2.45, 2.75) is 77.5 Å². The molecule has 3 aromatic rings. The van der Waals surface area contributed by atoms with Crippen LogP contribution in [0.1, 0.15) is 62.8 Å². The SMILES string of the molecule is CC(C)(C)OC(=O)N1c2ccccc2C[C@@H]1C(=O)O.CCCC(=O)[C@H]1Cc2ccccc2N1C(=O)NC.COC(=O)C1=Cc2ccccc2C1. The summed E-state index contributed by atoms with van der Waals surface area (Å²) in [5.41, 5.74) is 5.79. The Kier molecular flexibility index (Phi) is 12.2. The van der Waals surface area contributed by atoms with Crippen LogP contribution >= 0.6 is 0 Å². The predicted octanol–water partition coefficient (Wildman–Crippen LogP) is 6.36. The molecule has 0 fully saturated rings. The summed E-state index contributed by atoms with van der Waals surface area (Å²) in [7, 11) is 3.00. The van der Waals surface area contributed by atoms with Gasteiger partial charge in [-0.2, -0.15) is 0 Å². The lowest BCUT2D eigenvalue weighted by Gasteiger charge is -2.27. The van der Waals surface area contributed by atoms with Crippen LogP contribution in [0.3, 0.4) is 0 Å². The van der Waals surface area contributed by atoms with Gasteiger partial charge < -0.3 is 19.9 Å². The first kappa shape index (κ1) is 37.4. The highest BCUT2D eigenvalue weighted by molar-refractivity contribution is 6.03. The number of carboxylic acids is 1. The fourth-order valence-electron chi connectivity index (χ4n) is 6.09. The maximum atomic E-state index is 12.2. The van der Waals surface area contributed by atoms with Crippen LogP contribution in [0.25, 0.3) is 6.08 Å². The number of amides is 3. The van der Waals surface area contributed by atoms with Gasteiger partial charge in [-0.25, -0.2) is 19.2 Å². The first-order valence-electron chi connectivity index (χ1n) is 16.6. The van der Waals surface area contributed by atoms with Crippen LogP contribution in [-0.2, 0) is 43.1 Å². The lowest BCUT2D eigenvalue weighted by molar-refractivity contribution is -0.138. The van der Waals surface area contributed by atoms with E-state index < -0.39 is 23.7 Å². The maximum Gasteiger partial charge on any atom is 0.415 e. The number of fused-ring (bicyclic) bond motifs is 3. The zero-order valence-electron chi connectivity index (χ0n) is 29.4. The number of hydrogen-bond acceptors (Lipinski definition) is 7. The number of carboxylic acid groups (broad SMARTS) is 1. The second kappa shape index (κ2) is 16.3. The molecule has 2 atom stereocenters. The summed E-state index contributed by atoms with van der Waals surface area (Å²) in [6.07, 6.45) is 4.24. The normalized spacial score (nSPS) is 16.6. The van der Waals surface area contributed by atoms with E-state index >= 15 is 0 Å². The van der Waals surface area contributed by atoms with E-state index in [4.69, 9.17) is 4.74 Å². The standard InChI is InChI=1S/C14H18N2O2.C14H17NO4.C11H10O2/c1-3-6-13(17)12-9-10-7-4-5-8-11(10)16(12)14(18)15-2;1-14(2,3)19-13(18)15-10-7-5-4-6-9(10)8-11(15)12(16)17;1-13-11(12)10-6-8-4-2-3-5-9(8)7-10/h4-5,7-8,12H,3,6,9H2,1-2H3,(H,15,18);4-7,11H,8H2,1-3H3,(H,16,17);2-6H,7H2,1H3/t12-;11-;/m11./s1. The molecule has 0 saturated carbocycles. The van der Waals surface area contributed by atoms with Crippen LogP contribution in [0.4, 0.5) is 21.0 Å². The van der Waals surface area contributed by atoms with Gasteiger partial charge in [0.05, 0.1) is 12.8 Å². The van der Waals surface area contributed by atoms with E-state index in [1.165, 1.54) is 17.6 Å². The Morgan fingerprint density at radius 1 is 0.820 bits per heavy atom. The molecule has 1 aliphatic carbocycles. The highest BCUT2D eigenvalue weighted by atomic mass is 16.6. The van der Waals surface area contributed by atoms with Gasteiger partial charge in [0.25, 0.3) is 0 Å². The third kappa shape index (κ3) is 8.76. The second-order valence-electron chi connectivity index (χ2n) is 13.1. The van der Waals surface area contributed by atoms with Crippen molar-refractivity contribution in [1.82, 2.24) is 5.32 Å². The van der Waals surface area contributed by atoms with Crippen molar-refractivity contribution in [2.24, 2.45) is 0 Å². The van der Waals surface area contributed by atoms with E-state index in [0.717, 1.165) is 34.4 Å². The topological polar surface area (TPSA) is 143 Å². The summed E-state index contributed by atoms with van der Waals surface area (Å²) >= 11 is 0. The first-order chi connectivity index (χ1) is 23.8. The third-order valence-electron chi connectivity index (χ3n) is 8.34. The Labute approximate surface area is 292 Å². The zero-order chi connectivity index (χ0) is 36.6. The molecule has 3 amide bonds. The van der Waals surface area contributed by atoms with Gasteiger partial charge >= 0.3 is 24.1 Å². The Balaban J connectivity index is 0.000000171. The number of aliphatic carboxylic acids is 1. The number of methoxy groups -OCH3 is 1. The number of hydrogen-bond donors (Lipinski definition) is 2. The van der Waals surface area contributed by atoms with Gasteiger partial charge in [-0.05, 0) is 67.7 Å². The van der Waals surface area contributed by atoms with Crippen LogP contribution in [0.5, 0.6) is 0 Å². The minimum absolute atomic E-state index is 0.136. The highest BCUT2D eigenvalue weighted by Crippen LogP contribution is 2.34. The number of urea groups is 1. The number of Topliss-reactive ketones (excluding diaryl/α,β-unsaturated/α-hetero) is 1. The van der Waals surface area contributed by atoms with Crippen molar-refractivity contribution in [1.29, 1.82) is 0 Å². The number of esters is 1. The number of ether oxygens (including phenoxy) is 2. The van der Waals surface area contributed by atoms with Crippen LogP contribution in [-0.4, -0.2) is 66.8 Å². The van der Waals surface area contributed by atoms with E-state index in [2.05, 4.69) is 10.1 Å². The van der Waals surface area contributed by atoms with Crippen LogP contribution < -0.4 is 15.1 Å². The number of rotatable bonds is 5. The zero-order valence-corrected chi connectivity index (χ0v) is 29.4. The summed E-state index contributed by atoms with van der Waals surface area (Å²) < 4.78 is 9.94. The molecule has 0 spiro atoms. The fourth-order valence-corrected chi connectivity index (χ4v) is 6.09. The predicted molar refractivity (Wildman–Crippen MR) is 191 cm³/mol. The molecule has 0 radical (unpaired) electrons. The minimum atomic E-state index is -1.03. The Hall–Kier alpha value is -5.45. The molecule has 11 nitrogen and oxygen atoms in total. The van der Waals surface area contributed by atoms with Crippen molar-refractivity contribution < 1.29 is 38.6 Å². The number of carbonyl (C=O) groups excluding carboxylic acids is 4. The molecule has 0 bridgehead atoms. The summed E-state index contributed by atoms with van der Waals surface area (Å²) in [6, 6.07) is 21.4. The summed E-state index contributed by atoms with van der Waals surface area (Å²) in [6.45, 7) is 7.23. The Bertz CT molecular complexity index is 1780. The molecule has 50 heavy (non-hydrogen) atoms. The molecular weight excluding hydrogens is 638 g/mol. The number of benzene rings is 3. The van der Waals surface area contributed by atoms with Gasteiger partial charge in [0.15, 0.2) is 5.78 Å². The van der Waals surface area contributed by atoms with Gasteiger partial charge in [-0.1, -0.05) is 67.6 Å².